The fourth-order valence-electron chi connectivity index (χ4n) is 8.00. The molecule has 59 heavy (non-hydrogen) atoms. The number of thiazole rings is 1. The van der Waals surface area contributed by atoms with E-state index in [0.29, 0.717) is 41.7 Å². The maximum absolute atomic E-state index is 14.2. The fourth-order valence-corrected chi connectivity index (χ4v) is 8.82. The van der Waals surface area contributed by atoms with Crippen molar-refractivity contribution in [3.05, 3.63) is 89.3 Å². The molecule has 0 spiro atoms. The lowest BCUT2D eigenvalue weighted by atomic mass is 9.91. The van der Waals surface area contributed by atoms with Crippen molar-refractivity contribution in [2.24, 2.45) is 5.92 Å². The molecular formula is C43H49N9O6S. The van der Waals surface area contributed by atoms with Gasteiger partial charge in [0.25, 0.3) is 5.88 Å². The van der Waals surface area contributed by atoms with Crippen LogP contribution in [0, 0.1) is 12.8 Å². The number of amides is 2. The minimum atomic E-state index is -0.827. The highest BCUT2D eigenvalue weighted by atomic mass is 32.1. The van der Waals surface area contributed by atoms with Gasteiger partial charge in [0.15, 0.2) is 11.4 Å². The summed E-state index contributed by atoms with van der Waals surface area (Å²) in [6, 6.07) is 19.6. The summed E-state index contributed by atoms with van der Waals surface area (Å²) in [5.74, 6) is 0.272. The molecule has 308 valence electrons. The number of carbonyl (C=O) groups is 2. The van der Waals surface area contributed by atoms with E-state index >= 15 is 0 Å². The van der Waals surface area contributed by atoms with Crippen molar-refractivity contribution in [2.75, 3.05) is 50.8 Å². The number of benzene rings is 2. The Labute approximate surface area is 346 Å². The molecule has 2 aliphatic heterocycles. The lowest BCUT2D eigenvalue weighted by Gasteiger charge is -2.35. The Morgan fingerprint density at radius 3 is 2.54 bits per heavy atom. The number of phenolic OH excluding ortho intramolecular Hbond substituents is 1. The largest absolute Gasteiger partial charge is 0.507 e. The number of carbonyl (C=O) groups excluding carboxylic acids is 2. The number of rotatable bonds is 13. The predicted molar refractivity (Wildman–Crippen MR) is 224 cm³/mol. The molecule has 2 aromatic carbocycles. The first kappa shape index (κ1) is 40.0. The highest BCUT2D eigenvalue weighted by molar-refractivity contribution is 7.13. The number of nitrogens with zero attached hydrogens (tertiary/aromatic N) is 7. The van der Waals surface area contributed by atoms with Crippen LogP contribution in [0.15, 0.2) is 76.8 Å². The molecule has 2 amide bonds. The van der Waals surface area contributed by atoms with Crippen LogP contribution >= 0.6 is 11.3 Å². The molecule has 16 heteroatoms. The van der Waals surface area contributed by atoms with Crippen LogP contribution in [0.25, 0.3) is 32.7 Å². The quantitative estimate of drug-likeness (QED) is 0.114. The second-order valence-corrected chi connectivity index (χ2v) is 16.5. The van der Waals surface area contributed by atoms with Crippen molar-refractivity contribution in [3.8, 4) is 33.3 Å². The standard InChI is InChI=1S/C43H49N9O6S/c1-25(2)39(43(56)52-23-31(53)21-34(52)42(55)45-26(3)28-9-11-29(12-10-28)40-27(4)44-24-59-40)36-22-38(49-58-36)57-18-17-50-13-15-51(16-14-50)37-20-30-19-33(47-48-41(30)46-37)32-7-5-6-8-35(32)54/h5-12,19-20,22,24-26,31,34,39,53-54H,13-18,21,23H2,1-4H3,(H,45,55)(H,46,48)/t26-,31+,34-,39+/m0/s1. The number of H-pyrrole nitrogens is 1. The number of ether oxygens (including phenoxy) is 1. The number of aliphatic hydroxyl groups is 1. The van der Waals surface area contributed by atoms with Gasteiger partial charge in [0.05, 0.1) is 33.9 Å². The molecule has 6 heterocycles. The fraction of sp³-hybridized carbons (Fsp3) is 0.395. The van der Waals surface area contributed by atoms with E-state index in [1.807, 2.05) is 75.7 Å². The molecule has 2 saturated heterocycles. The van der Waals surface area contributed by atoms with Crippen LogP contribution in [0.3, 0.4) is 0 Å². The number of anilines is 1. The van der Waals surface area contributed by atoms with Crippen molar-refractivity contribution in [1.82, 2.24) is 40.4 Å². The number of β-amino-alcohol motifs (C(OH)–C–C–N with tert-alkyl or cyclic N) is 1. The summed E-state index contributed by atoms with van der Waals surface area (Å²) < 4.78 is 11.7. The molecule has 6 aromatic rings. The zero-order valence-corrected chi connectivity index (χ0v) is 34.4. The molecule has 4 N–H and O–H groups in total. The van der Waals surface area contributed by atoms with Gasteiger partial charge in [-0.05, 0) is 60.3 Å². The van der Waals surface area contributed by atoms with E-state index in [-0.39, 0.29) is 42.5 Å². The zero-order chi connectivity index (χ0) is 41.2. The first-order valence-electron chi connectivity index (χ1n) is 20.0. The lowest BCUT2D eigenvalue weighted by Crippen LogP contribution is -2.48. The molecule has 15 nitrogen and oxygen atoms in total. The van der Waals surface area contributed by atoms with Gasteiger partial charge < -0.3 is 39.6 Å². The number of aliphatic hydroxyl groups excluding tert-OH is 1. The van der Waals surface area contributed by atoms with E-state index in [0.717, 1.165) is 59.1 Å². The van der Waals surface area contributed by atoms with Crippen LogP contribution in [0.5, 0.6) is 11.6 Å². The summed E-state index contributed by atoms with van der Waals surface area (Å²) >= 11 is 1.59. The van der Waals surface area contributed by atoms with E-state index in [2.05, 4.69) is 46.5 Å². The van der Waals surface area contributed by atoms with Gasteiger partial charge in [0, 0.05) is 62.7 Å². The average Bonchev–Trinajstić information content (AvgIpc) is 4.05. The van der Waals surface area contributed by atoms with Crippen LogP contribution in [-0.2, 0) is 9.59 Å². The Balaban J connectivity index is 0.831. The number of likely N-dealkylation sites (tertiary alicyclic amines) is 1. The summed E-state index contributed by atoms with van der Waals surface area (Å²) in [6.45, 7) is 12.1. The first-order valence-corrected chi connectivity index (χ1v) is 20.9. The SMILES string of the molecule is Cc1ncsc1-c1ccc([C@H](C)NC(=O)[C@@H]2C[C@@H](O)CN2C(=O)[C@@H](c2cc(OCCN3CCN(c4cc5cc(-c6ccccc6O)nnc5[nH]4)CC3)no2)C(C)C)cc1. The number of hydrogen-bond acceptors (Lipinski definition) is 13. The number of aryl methyl sites for hydroxylation is 1. The predicted octanol–water partition coefficient (Wildman–Crippen LogP) is 5.53. The Morgan fingerprint density at radius 1 is 1.03 bits per heavy atom. The van der Waals surface area contributed by atoms with Crippen LogP contribution in [0.4, 0.5) is 5.82 Å². The topological polar surface area (TPSA) is 186 Å². The third-order valence-corrected chi connectivity index (χ3v) is 12.3. The van der Waals surface area contributed by atoms with Crippen molar-refractivity contribution >= 4 is 40.0 Å². The van der Waals surface area contributed by atoms with Crippen molar-refractivity contribution < 1.29 is 29.1 Å². The van der Waals surface area contributed by atoms with Gasteiger partial charge in [0.1, 0.15) is 30.1 Å². The summed E-state index contributed by atoms with van der Waals surface area (Å²) in [6.07, 6.45) is -0.674. The number of fused-ring (bicyclic) bond motifs is 1. The molecule has 0 aliphatic carbocycles. The zero-order valence-electron chi connectivity index (χ0n) is 33.5. The number of aromatic amines is 1. The lowest BCUT2D eigenvalue weighted by molar-refractivity contribution is -0.141. The molecule has 2 fully saturated rings. The van der Waals surface area contributed by atoms with Gasteiger partial charge in [-0.2, -0.15) is 0 Å². The van der Waals surface area contributed by atoms with E-state index in [1.165, 1.54) is 4.90 Å². The van der Waals surface area contributed by atoms with Crippen molar-refractivity contribution in [1.29, 1.82) is 0 Å². The summed E-state index contributed by atoms with van der Waals surface area (Å²) in [7, 11) is 0. The van der Waals surface area contributed by atoms with Gasteiger partial charge in [-0.15, -0.1) is 21.5 Å². The normalized spacial score (nSPS) is 18.4. The number of para-hydroxylation sites is 1. The average molecular weight is 820 g/mol. The number of phenols is 1. The number of aromatic hydroxyl groups is 1. The van der Waals surface area contributed by atoms with E-state index < -0.39 is 18.1 Å². The summed E-state index contributed by atoms with van der Waals surface area (Å²) in [5, 5.41) is 37.7. The number of nitrogens with one attached hydrogen (secondary N) is 2. The Bertz CT molecular complexity index is 2400. The van der Waals surface area contributed by atoms with Crippen LogP contribution in [0.1, 0.15) is 56.2 Å². The molecular weight excluding hydrogens is 771 g/mol. The van der Waals surface area contributed by atoms with E-state index in [4.69, 9.17) is 9.26 Å². The summed E-state index contributed by atoms with van der Waals surface area (Å²) in [5.41, 5.74) is 6.75. The third kappa shape index (κ3) is 8.65. The number of aromatic nitrogens is 5. The van der Waals surface area contributed by atoms with Gasteiger partial charge in [0.2, 0.25) is 11.8 Å². The highest BCUT2D eigenvalue weighted by Gasteiger charge is 2.43. The van der Waals surface area contributed by atoms with Gasteiger partial charge in [-0.3, -0.25) is 14.5 Å². The van der Waals surface area contributed by atoms with Crippen LogP contribution in [0.2, 0.25) is 0 Å². The molecule has 0 saturated carbocycles. The second-order valence-electron chi connectivity index (χ2n) is 15.7. The van der Waals surface area contributed by atoms with E-state index in [1.54, 1.807) is 29.5 Å². The van der Waals surface area contributed by atoms with Gasteiger partial charge in [-0.25, -0.2) is 4.98 Å². The minimum absolute atomic E-state index is 0.0527. The smallest absolute Gasteiger partial charge is 0.254 e. The van der Waals surface area contributed by atoms with Gasteiger partial charge >= 0.3 is 0 Å². The van der Waals surface area contributed by atoms with Gasteiger partial charge in [-0.1, -0.05) is 50.2 Å². The van der Waals surface area contributed by atoms with E-state index in [9.17, 15) is 19.8 Å². The third-order valence-electron chi connectivity index (χ3n) is 11.3. The monoisotopic (exact) mass is 819 g/mol. The number of piperazine rings is 1. The van der Waals surface area contributed by atoms with Crippen molar-refractivity contribution in [2.45, 2.75) is 58.2 Å². The maximum Gasteiger partial charge on any atom is 0.254 e. The molecule has 2 aliphatic rings. The number of hydrogen-bond donors (Lipinski definition) is 4. The van der Waals surface area contributed by atoms with Crippen LogP contribution < -0.4 is 15.0 Å². The Morgan fingerprint density at radius 2 is 1.81 bits per heavy atom. The summed E-state index contributed by atoms with van der Waals surface area (Å²) in [4.78, 5) is 42.7. The molecule has 4 atom stereocenters. The maximum atomic E-state index is 14.2. The molecule has 4 aromatic heterocycles. The highest BCUT2D eigenvalue weighted by Crippen LogP contribution is 2.34. The Hall–Kier alpha value is -5.84. The molecule has 8 rings (SSSR count). The van der Waals surface area contributed by atoms with Crippen LogP contribution in [-0.4, -0.2) is 115 Å². The first-order chi connectivity index (χ1) is 28.5. The molecule has 0 bridgehead atoms. The second kappa shape index (κ2) is 17.2. The molecule has 0 radical (unpaired) electrons. The molecule has 0 unspecified atom stereocenters. The minimum Gasteiger partial charge on any atom is -0.507 e. The Kier molecular flexibility index (Phi) is 11.6. The van der Waals surface area contributed by atoms with Crippen molar-refractivity contribution in [3.63, 3.8) is 0 Å².